The van der Waals surface area contributed by atoms with Crippen LogP contribution in [0.1, 0.15) is 27.2 Å². The largest absolute Gasteiger partial charge is 0.726 e. The Morgan fingerprint density at radius 3 is 2.10 bits per heavy atom. The number of carbonyl (C=O) groups is 2. The first-order chi connectivity index (χ1) is 14.2. The maximum atomic E-state index is 12.4. The van der Waals surface area contributed by atoms with Crippen molar-refractivity contribution < 1.29 is 36.2 Å². The molecule has 0 aromatic heterocycles. The molecule has 1 atom stereocenters. The van der Waals surface area contributed by atoms with Gasteiger partial charge in [-0.25, -0.2) is 18.0 Å². The van der Waals surface area contributed by atoms with E-state index in [0.29, 0.717) is 12.2 Å². The van der Waals surface area contributed by atoms with Crippen LogP contribution in [0.2, 0.25) is 0 Å². The van der Waals surface area contributed by atoms with Gasteiger partial charge in [-0.1, -0.05) is 0 Å². The molecular weight excluding hydrogens is 466 g/mol. The molecule has 0 spiro atoms. The van der Waals surface area contributed by atoms with Gasteiger partial charge in [-0.15, -0.1) is 0 Å². The first kappa shape index (κ1) is 29.5. The molecule has 12 heteroatoms. The molecule has 0 aliphatic carbocycles. The van der Waals surface area contributed by atoms with Gasteiger partial charge in [0.25, 0.3) is 0 Å². The zero-order valence-corrected chi connectivity index (χ0v) is 21.2. The number of esters is 1. The molecule has 178 valence electrons. The first-order valence-electron chi connectivity index (χ1n) is 9.07. The second kappa shape index (κ2) is 13.8. The third-order valence-corrected chi connectivity index (χ3v) is 5.57. The van der Waals surface area contributed by atoms with E-state index in [9.17, 15) is 22.6 Å². The highest BCUT2D eigenvalue weighted by atomic mass is 32.3. The van der Waals surface area contributed by atoms with Crippen LogP contribution in [0.25, 0.3) is 0 Å². The second-order valence-corrected chi connectivity index (χ2v) is 11.5. The molecule has 0 fully saturated rings. The SMILES string of the molecule is COS(=O)(=O)[O-].CSCC[C@H](NC(=O)OC(C)(C)C)C(=O)Oc1ccc([S+](C)C)cc1. The summed E-state index contributed by atoms with van der Waals surface area (Å²) in [6.45, 7) is 5.33. The lowest BCUT2D eigenvalue weighted by atomic mass is 10.2. The Morgan fingerprint density at radius 2 is 1.71 bits per heavy atom. The Balaban J connectivity index is 0.00000131. The van der Waals surface area contributed by atoms with Crippen molar-refractivity contribution in [3.63, 3.8) is 0 Å². The minimum absolute atomic E-state index is 0.153. The van der Waals surface area contributed by atoms with E-state index >= 15 is 0 Å². The quantitative estimate of drug-likeness (QED) is 0.189. The zero-order chi connectivity index (χ0) is 24.2. The number of benzene rings is 1. The highest BCUT2D eigenvalue weighted by Crippen LogP contribution is 2.17. The lowest BCUT2D eigenvalue weighted by molar-refractivity contribution is -0.136. The van der Waals surface area contributed by atoms with E-state index in [1.807, 2.05) is 18.4 Å². The third kappa shape index (κ3) is 15.0. The number of alkyl carbamates (subject to hydrolysis) is 1. The summed E-state index contributed by atoms with van der Waals surface area (Å²) in [5, 5.41) is 2.61. The van der Waals surface area contributed by atoms with Crippen molar-refractivity contribution in [2.45, 2.75) is 43.7 Å². The predicted molar refractivity (Wildman–Crippen MR) is 122 cm³/mol. The van der Waals surface area contributed by atoms with Crippen LogP contribution in [0.5, 0.6) is 5.75 Å². The van der Waals surface area contributed by atoms with Gasteiger partial charge >= 0.3 is 12.1 Å². The Morgan fingerprint density at radius 1 is 1.19 bits per heavy atom. The molecule has 0 aliphatic heterocycles. The molecule has 1 aromatic rings. The smallest absolute Gasteiger partial charge is 0.408 e. The minimum Gasteiger partial charge on any atom is -0.726 e. The van der Waals surface area contributed by atoms with Crippen LogP contribution < -0.4 is 10.1 Å². The highest BCUT2D eigenvalue weighted by Gasteiger charge is 2.25. The number of nitrogens with one attached hydrogen (secondary N) is 1. The average Bonchev–Trinajstić information content (AvgIpc) is 2.64. The maximum absolute atomic E-state index is 12.4. The van der Waals surface area contributed by atoms with E-state index in [-0.39, 0.29) is 10.9 Å². The summed E-state index contributed by atoms with van der Waals surface area (Å²) < 4.78 is 41.7. The number of ether oxygens (including phenoxy) is 2. The molecule has 1 amide bonds. The van der Waals surface area contributed by atoms with Gasteiger partial charge in [-0.2, -0.15) is 11.8 Å². The van der Waals surface area contributed by atoms with Gasteiger partial charge in [-0.05, 0) is 63.5 Å². The molecule has 9 nitrogen and oxygen atoms in total. The van der Waals surface area contributed by atoms with E-state index in [1.54, 1.807) is 44.7 Å². The average molecular weight is 498 g/mol. The molecule has 31 heavy (non-hydrogen) atoms. The Labute approximate surface area is 191 Å². The molecule has 1 rings (SSSR count). The van der Waals surface area contributed by atoms with E-state index < -0.39 is 34.1 Å². The van der Waals surface area contributed by atoms with Crippen LogP contribution >= 0.6 is 11.8 Å². The Kier molecular flexibility index (Phi) is 13.2. The summed E-state index contributed by atoms with van der Waals surface area (Å²) in [5.41, 5.74) is -0.620. The standard InChI is InChI=1S/C18H27NO4S2.CH4O4S/c1-18(2,3)23-17(21)19-15(11-12-24-4)16(20)22-13-7-9-14(10-8-13)25(5)6;1-5-6(2,3)4/h7-10,15H,11-12H2,1-6H3;1H3,(H,2,3,4)/t15-;/m0./s1. The number of amides is 1. The summed E-state index contributed by atoms with van der Waals surface area (Å²) in [4.78, 5) is 25.6. The molecule has 0 unspecified atom stereocenters. The Hall–Kier alpha value is -1.47. The predicted octanol–water partition coefficient (Wildman–Crippen LogP) is 2.57. The van der Waals surface area contributed by atoms with Crippen LogP contribution in [0, 0.1) is 0 Å². The van der Waals surface area contributed by atoms with Crippen molar-refractivity contribution in [3.05, 3.63) is 24.3 Å². The van der Waals surface area contributed by atoms with Crippen LogP contribution in [0.15, 0.2) is 29.2 Å². The zero-order valence-electron chi connectivity index (χ0n) is 18.8. The maximum Gasteiger partial charge on any atom is 0.408 e. The molecule has 0 heterocycles. The second-order valence-electron chi connectivity index (χ2n) is 7.26. The number of hydrogen-bond acceptors (Lipinski definition) is 9. The van der Waals surface area contributed by atoms with Gasteiger partial charge in [0.05, 0.1) is 7.11 Å². The van der Waals surface area contributed by atoms with Crippen LogP contribution in [0.4, 0.5) is 4.79 Å². The van der Waals surface area contributed by atoms with E-state index in [0.717, 1.165) is 12.9 Å². The van der Waals surface area contributed by atoms with Crippen LogP contribution in [0.3, 0.4) is 0 Å². The minimum atomic E-state index is -4.41. The summed E-state index contributed by atoms with van der Waals surface area (Å²) >= 11 is 1.60. The van der Waals surface area contributed by atoms with Gasteiger partial charge in [0.2, 0.25) is 10.4 Å². The van der Waals surface area contributed by atoms with Crippen molar-refractivity contribution in [1.29, 1.82) is 0 Å². The van der Waals surface area contributed by atoms with Gasteiger partial charge in [0.15, 0.2) is 4.90 Å². The number of hydrogen-bond donors (Lipinski definition) is 1. The lowest BCUT2D eigenvalue weighted by Crippen LogP contribution is -2.45. The fourth-order valence-electron chi connectivity index (χ4n) is 1.90. The summed E-state index contributed by atoms with van der Waals surface area (Å²) in [7, 11) is -3.45. The van der Waals surface area contributed by atoms with Gasteiger partial charge < -0.3 is 19.3 Å². The van der Waals surface area contributed by atoms with E-state index in [4.69, 9.17) is 9.47 Å². The van der Waals surface area contributed by atoms with Gasteiger partial charge in [-0.3, -0.25) is 4.18 Å². The lowest BCUT2D eigenvalue weighted by Gasteiger charge is -2.22. The van der Waals surface area contributed by atoms with Crippen molar-refractivity contribution in [2.24, 2.45) is 0 Å². The molecule has 1 aromatic carbocycles. The van der Waals surface area contributed by atoms with Crippen molar-refractivity contribution >= 4 is 45.1 Å². The number of rotatable bonds is 8. The third-order valence-electron chi connectivity index (χ3n) is 3.30. The van der Waals surface area contributed by atoms with Crippen molar-refractivity contribution in [2.75, 3.05) is 31.6 Å². The normalized spacial score (nSPS) is 12.4. The van der Waals surface area contributed by atoms with Crippen LogP contribution in [-0.4, -0.2) is 68.3 Å². The van der Waals surface area contributed by atoms with Gasteiger partial charge in [0.1, 0.15) is 29.9 Å². The van der Waals surface area contributed by atoms with Crippen molar-refractivity contribution in [1.82, 2.24) is 5.32 Å². The fraction of sp³-hybridized carbons (Fsp3) is 0.579. The first-order valence-corrected chi connectivity index (χ1v) is 13.8. The molecule has 0 saturated heterocycles. The monoisotopic (exact) mass is 497 g/mol. The highest BCUT2D eigenvalue weighted by molar-refractivity contribution is 7.98. The van der Waals surface area contributed by atoms with E-state index in [1.165, 1.54) is 4.90 Å². The summed E-state index contributed by atoms with van der Waals surface area (Å²) in [6, 6.07) is 6.71. The molecule has 0 saturated carbocycles. The number of thioether (sulfide) groups is 1. The van der Waals surface area contributed by atoms with Crippen LogP contribution in [-0.2, 0) is 35.0 Å². The van der Waals surface area contributed by atoms with E-state index in [2.05, 4.69) is 22.0 Å². The fourth-order valence-corrected chi connectivity index (χ4v) is 3.05. The molecular formula is C19H31NO8S3. The van der Waals surface area contributed by atoms with Crippen molar-refractivity contribution in [3.8, 4) is 5.75 Å². The number of carbonyl (C=O) groups excluding carboxylic acids is 2. The molecule has 0 radical (unpaired) electrons. The topological polar surface area (TPSA) is 131 Å². The Bertz CT molecular complexity index is 789. The molecule has 0 bridgehead atoms. The summed E-state index contributed by atoms with van der Waals surface area (Å²) in [6.07, 6.45) is 6.06. The molecule has 0 aliphatic rings. The summed E-state index contributed by atoms with van der Waals surface area (Å²) in [5.74, 6) is 0.710. The van der Waals surface area contributed by atoms with Gasteiger partial charge in [0, 0.05) is 10.9 Å². The molecule has 1 N–H and O–H groups in total.